The zero-order chi connectivity index (χ0) is 26.4. The van der Waals surface area contributed by atoms with Gasteiger partial charge in [0.25, 0.3) is 5.91 Å². The van der Waals surface area contributed by atoms with Gasteiger partial charge in [-0.15, -0.1) is 0 Å². The summed E-state index contributed by atoms with van der Waals surface area (Å²) >= 11 is 10.6. The molecule has 0 saturated heterocycles. The molecule has 0 radical (unpaired) electrons. The Morgan fingerprint density at radius 1 is 1.03 bits per heavy atom. The van der Waals surface area contributed by atoms with E-state index in [0.29, 0.717) is 38.3 Å². The Balaban J connectivity index is 1.60. The molecular weight excluding hydrogens is 572 g/mol. The number of benzene rings is 3. The lowest BCUT2D eigenvalue weighted by Crippen LogP contribution is -2.31. The van der Waals surface area contributed by atoms with E-state index in [1.165, 1.54) is 11.8 Å². The fourth-order valence-electron chi connectivity index (χ4n) is 3.94. The minimum atomic E-state index is -0.601. The van der Waals surface area contributed by atoms with Crippen molar-refractivity contribution in [3.63, 3.8) is 0 Å². The predicted octanol–water partition coefficient (Wildman–Crippen LogP) is 6.81. The van der Waals surface area contributed by atoms with E-state index in [-0.39, 0.29) is 17.6 Å². The van der Waals surface area contributed by atoms with E-state index in [1.807, 2.05) is 48.5 Å². The van der Waals surface area contributed by atoms with E-state index in [1.54, 1.807) is 37.3 Å². The molecule has 37 heavy (non-hydrogen) atoms. The third-order valence-electron chi connectivity index (χ3n) is 5.58. The molecular formula is C28H22BrClN4O2S. The van der Waals surface area contributed by atoms with Gasteiger partial charge >= 0.3 is 0 Å². The van der Waals surface area contributed by atoms with Crippen LogP contribution in [-0.4, -0.2) is 17.6 Å². The molecule has 186 valence electrons. The van der Waals surface area contributed by atoms with Crippen LogP contribution in [-0.2, 0) is 9.59 Å². The maximum Gasteiger partial charge on any atom is 0.254 e. The van der Waals surface area contributed by atoms with Crippen LogP contribution in [0, 0.1) is 11.3 Å². The number of thioether (sulfide) groups is 1. The monoisotopic (exact) mass is 592 g/mol. The fourth-order valence-corrected chi connectivity index (χ4v) is 5.36. The largest absolute Gasteiger partial charge is 0.353 e. The maximum atomic E-state index is 13.5. The maximum absolute atomic E-state index is 13.5. The molecule has 0 aromatic heterocycles. The van der Waals surface area contributed by atoms with Crippen LogP contribution in [0.25, 0.3) is 0 Å². The number of carbonyl (C=O) groups excluding carboxylic acids is 2. The summed E-state index contributed by atoms with van der Waals surface area (Å²) < 4.78 is 0.859. The second-order valence-corrected chi connectivity index (χ2v) is 10.5. The highest BCUT2D eigenvalue weighted by atomic mass is 79.9. The van der Waals surface area contributed by atoms with E-state index < -0.39 is 5.92 Å². The van der Waals surface area contributed by atoms with Crippen LogP contribution in [0.1, 0.15) is 18.4 Å². The number of nitrogens with zero attached hydrogens (tertiary/aromatic N) is 1. The second-order valence-electron chi connectivity index (χ2n) is 8.17. The van der Waals surface area contributed by atoms with Gasteiger partial charge in [0.05, 0.1) is 28.3 Å². The van der Waals surface area contributed by atoms with Crippen LogP contribution in [0.15, 0.2) is 105 Å². The molecule has 1 aliphatic heterocycles. The summed E-state index contributed by atoms with van der Waals surface area (Å²) in [6.45, 7) is 1.79. The van der Waals surface area contributed by atoms with Gasteiger partial charge in [0.15, 0.2) is 0 Å². The van der Waals surface area contributed by atoms with Crippen LogP contribution in [0.4, 0.5) is 11.4 Å². The van der Waals surface area contributed by atoms with Gasteiger partial charge in [-0.25, -0.2) is 0 Å². The highest BCUT2D eigenvalue weighted by Gasteiger charge is 2.34. The van der Waals surface area contributed by atoms with Gasteiger partial charge in [-0.1, -0.05) is 75.7 Å². The number of halogens is 2. The van der Waals surface area contributed by atoms with Crippen molar-refractivity contribution >= 4 is 62.5 Å². The summed E-state index contributed by atoms with van der Waals surface area (Å²) in [4.78, 5) is 26.1. The number of hydrogen-bond donors (Lipinski definition) is 3. The van der Waals surface area contributed by atoms with Crippen LogP contribution in [0.3, 0.4) is 0 Å². The first-order chi connectivity index (χ1) is 17.9. The van der Waals surface area contributed by atoms with Crippen LogP contribution in [0.5, 0.6) is 0 Å². The van der Waals surface area contributed by atoms with Crippen molar-refractivity contribution in [3.05, 3.63) is 116 Å². The Morgan fingerprint density at radius 2 is 1.76 bits per heavy atom. The van der Waals surface area contributed by atoms with E-state index in [2.05, 4.69) is 37.9 Å². The molecule has 1 unspecified atom stereocenters. The molecule has 3 aromatic rings. The van der Waals surface area contributed by atoms with Gasteiger partial charge in [-0.05, 0) is 55.0 Å². The quantitative estimate of drug-likeness (QED) is 0.280. The average Bonchev–Trinajstić information content (AvgIpc) is 2.88. The summed E-state index contributed by atoms with van der Waals surface area (Å²) in [6.07, 6.45) is 0. The van der Waals surface area contributed by atoms with E-state index in [9.17, 15) is 14.9 Å². The summed E-state index contributed by atoms with van der Waals surface area (Å²) in [5.74, 6) is -1.05. The molecule has 2 amide bonds. The number of carbonyl (C=O) groups is 2. The number of allylic oxidation sites excluding steroid dienone is 2. The zero-order valence-electron chi connectivity index (χ0n) is 19.7. The zero-order valence-corrected chi connectivity index (χ0v) is 22.9. The minimum Gasteiger partial charge on any atom is -0.353 e. The molecule has 3 aromatic carbocycles. The number of rotatable bonds is 7. The molecule has 0 spiro atoms. The van der Waals surface area contributed by atoms with Gasteiger partial charge in [0.2, 0.25) is 5.91 Å². The normalized spacial score (nSPS) is 15.0. The Kier molecular flexibility index (Phi) is 8.72. The second kappa shape index (κ2) is 12.2. The molecule has 1 atom stereocenters. The summed E-state index contributed by atoms with van der Waals surface area (Å²) in [6, 6.07) is 25.8. The molecule has 1 aliphatic rings. The molecule has 9 heteroatoms. The molecule has 6 nitrogen and oxygen atoms in total. The molecule has 0 aliphatic carbocycles. The van der Waals surface area contributed by atoms with Crippen molar-refractivity contribution in [2.45, 2.75) is 12.8 Å². The molecule has 1 heterocycles. The lowest BCUT2D eigenvalue weighted by atomic mass is 9.82. The van der Waals surface area contributed by atoms with Gasteiger partial charge < -0.3 is 16.0 Å². The van der Waals surface area contributed by atoms with Gasteiger partial charge in [0.1, 0.15) is 0 Å². The molecule has 0 fully saturated rings. The summed E-state index contributed by atoms with van der Waals surface area (Å²) in [7, 11) is 0. The number of nitriles is 1. The van der Waals surface area contributed by atoms with Gasteiger partial charge in [-0.3, -0.25) is 9.59 Å². The molecule has 0 bridgehead atoms. The number of hydrogen-bond acceptors (Lipinski definition) is 5. The Morgan fingerprint density at radius 3 is 2.43 bits per heavy atom. The first-order valence-corrected chi connectivity index (χ1v) is 13.4. The third kappa shape index (κ3) is 6.63. The topological polar surface area (TPSA) is 94.0 Å². The van der Waals surface area contributed by atoms with Crippen LogP contribution in [0.2, 0.25) is 5.02 Å². The third-order valence-corrected chi connectivity index (χ3v) is 7.35. The van der Waals surface area contributed by atoms with Crippen molar-refractivity contribution < 1.29 is 9.59 Å². The van der Waals surface area contributed by atoms with Crippen molar-refractivity contribution in [1.29, 1.82) is 5.26 Å². The van der Waals surface area contributed by atoms with Gasteiger partial charge in [0, 0.05) is 32.1 Å². The smallest absolute Gasteiger partial charge is 0.254 e. The first-order valence-electron chi connectivity index (χ1n) is 11.3. The number of amides is 2. The van der Waals surface area contributed by atoms with Crippen molar-refractivity contribution in [2.75, 3.05) is 16.4 Å². The highest BCUT2D eigenvalue weighted by molar-refractivity contribution is 9.10. The van der Waals surface area contributed by atoms with Crippen LogP contribution < -0.4 is 16.0 Å². The van der Waals surface area contributed by atoms with E-state index in [0.717, 1.165) is 10.0 Å². The fraction of sp³-hybridized carbons (Fsp3) is 0.107. The Labute approximate surface area is 232 Å². The Bertz CT molecular complexity index is 1430. The number of dihydropyridines is 1. The highest BCUT2D eigenvalue weighted by Crippen LogP contribution is 2.41. The van der Waals surface area contributed by atoms with Crippen molar-refractivity contribution in [3.8, 4) is 6.07 Å². The number of nitrogens with one attached hydrogen (secondary N) is 3. The lowest BCUT2D eigenvalue weighted by Gasteiger charge is -2.30. The first kappa shape index (κ1) is 26.6. The minimum absolute atomic E-state index is 0.0844. The SMILES string of the molecule is CC1=C(C(=O)Nc2ccc(Cl)cc2)C(c2ccccc2)C(C#N)=C(SCC(=O)Nc2cccc(Br)c2)N1. The van der Waals surface area contributed by atoms with Crippen molar-refractivity contribution in [1.82, 2.24) is 5.32 Å². The summed E-state index contributed by atoms with van der Waals surface area (Å²) in [5.41, 5.74) is 3.48. The van der Waals surface area contributed by atoms with Crippen LogP contribution >= 0.6 is 39.3 Å². The molecule has 3 N–H and O–H groups in total. The number of anilines is 2. The molecule has 4 rings (SSSR count). The van der Waals surface area contributed by atoms with Gasteiger partial charge in [-0.2, -0.15) is 5.26 Å². The van der Waals surface area contributed by atoms with E-state index >= 15 is 0 Å². The predicted molar refractivity (Wildman–Crippen MR) is 153 cm³/mol. The van der Waals surface area contributed by atoms with Crippen molar-refractivity contribution in [2.24, 2.45) is 0 Å². The Hall–Kier alpha value is -3.51. The lowest BCUT2D eigenvalue weighted by molar-refractivity contribution is -0.114. The standard InChI is InChI=1S/C28H22BrClN4O2S/c1-17-25(27(36)34-21-12-10-20(30)11-13-21)26(18-6-3-2-4-7-18)23(15-31)28(32-17)37-16-24(35)33-22-9-5-8-19(29)14-22/h2-14,26,32H,16H2,1H3,(H,33,35)(H,34,36). The average molecular weight is 594 g/mol. The summed E-state index contributed by atoms with van der Waals surface area (Å²) in [5, 5.41) is 20.3. The van der Waals surface area contributed by atoms with E-state index in [4.69, 9.17) is 11.6 Å². The molecule has 0 saturated carbocycles.